The number of nitrogens with one attached hydrogen (secondary N) is 4. The number of methoxy groups -OCH3 is 1. The number of carbonyl (C=O) groups is 4. The first-order valence-corrected chi connectivity index (χ1v) is 21.6. The van der Waals surface area contributed by atoms with Gasteiger partial charge >= 0.3 is 0 Å². The second kappa shape index (κ2) is 25.0. The van der Waals surface area contributed by atoms with Crippen LogP contribution in [0.2, 0.25) is 0 Å². The summed E-state index contributed by atoms with van der Waals surface area (Å²) in [5.41, 5.74) is 8.06. The molecule has 59 heavy (non-hydrogen) atoms. The minimum Gasteiger partial charge on any atom is -0.471 e. The molecule has 314 valence electrons. The molecule has 4 aromatic heterocycles. The van der Waals surface area contributed by atoms with Crippen molar-refractivity contribution in [2.45, 2.75) is 58.9 Å². The summed E-state index contributed by atoms with van der Waals surface area (Å²) in [6.07, 6.45) is 12.8. The highest BCUT2D eigenvalue weighted by Gasteiger charge is 2.26. The van der Waals surface area contributed by atoms with Crippen LogP contribution in [0.1, 0.15) is 64.5 Å². The maximum atomic E-state index is 12.2. The quantitative estimate of drug-likeness (QED) is 0.107. The van der Waals surface area contributed by atoms with Gasteiger partial charge in [-0.25, -0.2) is 9.97 Å². The van der Waals surface area contributed by atoms with E-state index in [1.165, 1.54) is 46.5 Å². The molecule has 1 atom stereocenters. The van der Waals surface area contributed by atoms with Crippen molar-refractivity contribution in [2.75, 3.05) is 46.9 Å². The number of thiophene rings is 2. The van der Waals surface area contributed by atoms with Crippen LogP contribution in [0.25, 0.3) is 43.0 Å². The number of amides is 3. The van der Waals surface area contributed by atoms with Gasteiger partial charge in [-0.15, -0.1) is 22.7 Å². The Bertz CT molecular complexity index is 2100. The Morgan fingerprint density at radius 2 is 1.31 bits per heavy atom. The van der Waals surface area contributed by atoms with Crippen molar-refractivity contribution in [3.8, 4) is 33.6 Å². The van der Waals surface area contributed by atoms with Gasteiger partial charge in [0, 0.05) is 55.0 Å². The van der Waals surface area contributed by atoms with Gasteiger partial charge in [0.05, 0.1) is 59.5 Å². The van der Waals surface area contributed by atoms with Gasteiger partial charge in [-0.05, 0) is 49.4 Å². The first kappa shape index (κ1) is 46.1. The predicted molar refractivity (Wildman–Crippen MR) is 238 cm³/mol. The molecule has 8 rings (SSSR count). The fourth-order valence-corrected chi connectivity index (χ4v) is 8.77. The number of carbonyl (C=O) groups excluding carboxylic acids is 4. The van der Waals surface area contributed by atoms with E-state index in [2.05, 4.69) is 84.2 Å². The number of H-pyrrole nitrogens is 2. The number of hydrogen-bond donors (Lipinski definition) is 4. The third-order valence-corrected chi connectivity index (χ3v) is 11.4. The van der Waals surface area contributed by atoms with Crippen molar-refractivity contribution in [3.63, 3.8) is 0 Å². The van der Waals surface area contributed by atoms with E-state index in [1.807, 2.05) is 54.7 Å². The summed E-state index contributed by atoms with van der Waals surface area (Å²) < 4.78 is 6.51. The number of aromatic nitrogens is 4. The third-order valence-electron chi connectivity index (χ3n) is 9.21. The second-order valence-corrected chi connectivity index (χ2v) is 15.4. The molecule has 13 nitrogen and oxygen atoms in total. The smallest absolute Gasteiger partial charge is 0.292 e. The summed E-state index contributed by atoms with van der Waals surface area (Å²) in [7, 11) is 3.15. The molecule has 0 aliphatic carbocycles. The number of benzene rings is 2. The van der Waals surface area contributed by atoms with E-state index in [4.69, 9.17) is 4.79 Å². The highest BCUT2D eigenvalue weighted by molar-refractivity contribution is 7.27. The van der Waals surface area contributed by atoms with Gasteiger partial charge in [0.25, 0.3) is 6.47 Å². The van der Waals surface area contributed by atoms with Gasteiger partial charge in [0.1, 0.15) is 6.04 Å². The van der Waals surface area contributed by atoms with Crippen LogP contribution in [0.3, 0.4) is 0 Å². The predicted octanol–water partition coefficient (Wildman–Crippen LogP) is 7.93. The molecule has 3 amide bonds. The van der Waals surface area contributed by atoms with E-state index in [1.54, 1.807) is 40.2 Å². The number of likely N-dealkylation sites (tertiary alicyclic amines) is 2. The van der Waals surface area contributed by atoms with Crippen molar-refractivity contribution in [1.82, 2.24) is 40.4 Å². The summed E-state index contributed by atoms with van der Waals surface area (Å²) in [5.74, 6) is 0.0800. The summed E-state index contributed by atoms with van der Waals surface area (Å²) >= 11 is 3.58. The Balaban J connectivity index is 0.000000191. The average Bonchev–Trinajstić information content (AvgIpc) is 4.11. The summed E-state index contributed by atoms with van der Waals surface area (Å²) in [6, 6.07) is 18.3. The lowest BCUT2D eigenvalue weighted by Gasteiger charge is -2.23. The maximum absolute atomic E-state index is 12.2. The molecule has 0 radical (unpaired) electrons. The molecule has 2 fully saturated rings. The molecule has 4 N–H and O–H groups in total. The van der Waals surface area contributed by atoms with Gasteiger partial charge in [-0.1, -0.05) is 74.9 Å². The first-order valence-electron chi connectivity index (χ1n) is 19.8. The number of nitrogens with zero attached hydrogens (tertiary/aromatic N) is 4. The molecule has 15 heteroatoms. The van der Waals surface area contributed by atoms with Crippen LogP contribution in [-0.4, -0.2) is 101 Å². The van der Waals surface area contributed by atoms with E-state index < -0.39 is 0 Å². The Morgan fingerprint density at radius 1 is 0.797 bits per heavy atom. The summed E-state index contributed by atoms with van der Waals surface area (Å²) in [6.45, 7) is 9.69. The minimum absolute atomic E-state index is 0.0303. The molecule has 6 aromatic rings. The van der Waals surface area contributed by atoms with Crippen LogP contribution in [0, 0.1) is 0 Å². The molecule has 2 saturated heterocycles. The fraction of sp³-hybridized carbons (Fsp3) is 0.364. The van der Waals surface area contributed by atoms with Crippen molar-refractivity contribution < 1.29 is 23.9 Å². The van der Waals surface area contributed by atoms with Gasteiger partial charge in [-0.3, -0.25) is 19.2 Å². The van der Waals surface area contributed by atoms with Crippen LogP contribution in [0.15, 0.2) is 90.4 Å². The number of fused-ring (bicyclic) bond motifs is 1. The third kappa shape index (κ3) is 13.7. The highest BCUT2D eigenvalue weighted by Crippen LogP contribution is 2.43. The Kier molecular flexibility index (Phi) is 19.5. The molecule has 6 heterocycles. The number of aromatic amines is 2. The summed E-state index contributed by atoms with van der Waals surface area (Å²) in [4.78, 5) is 61.2. The zero-order valence-electron chi connectivity index (χ0n) is 34.5. The normalized spacial score (nSPS) is 13.3. The topological polar surface area (TPSA) is 165 Å². The van der Waals surface area contributed by atoms with E-state index >= 15 is 0 Å². The van der Waals surface area contributed by atoms with E-state index in [0.717, 1.165) is 74.4 Å². The molecule has 2 aliphatic heterocycles. The van der Waals surface area contributed by atoms with Crippen LogP contribution >= 0.6 is 22.7 Å². The Morgan fingerprint density at radius 3 is 1.81 bits per heavy atom. The molecular formula is C44H56N8O5S2. The van der Waals surface area contributed by atoms with Crippen LogP contribution in [0.4, 0.5) is 0 Å². The van der Waals surface area contributed by atoms with Gasteiger partial charge < -0.3 is 35.1 Å². The number of hydrogen-bond acceptors (Lipinski definition) is 10. The van der Waals surface area contributed by atoms with Gasteiger partial charge in [0.2, 0.25) is 17.7 Å². The van der Waals surface area contributed by atoms with Crippen LogP contribution in [-0.2, 0) is 23.9 Å². The average molecular weight is 841 g/mol. The zero-order chi connectivity index (χ0) is 42.4. The second-order valence-electron chi connectivity index (χ2n) is 13.7. The molecule has 0 saturated carbocycles. The largest absolute Gasteiger partial charge is 0.471 e. The lowest BCUT2D eigenvalue weighted by Crippen LogP contribution is -2.38. The lowest BCUT2D eigenvalue weighted by atomic mass is 10.1. The fourth-order valence-electron chi connectivity index (χ4n) is 6.33. The summed E-state index contributed by atoms with van der Waals surface area (Å²) in [5, 5.41) is 10.0. The van der Waals surface area contributed by atoms with Gasteiger partial charge in [0.15, 0.2) is 0 Å². The molecule has 1 unspecified atom stereocenters. The van der Waals surface area contributed by atoms with E-state index in [9.17, 15) is 14.4 Å². The molecule has 0 bridgehead atoms. The molecule has 2 aliphatic rings. The van der Waals surface area contributed by atoms with Gasteiger partial charge in [-0.2, -0.15) is 0 Å². The van der Waals surface area contributed by atoms with E-state index in [0.29, 0.717) is 6.47 Å². The molecular weight excluding hydrogens is 785 g/mol. The highest BCUT2D eigenvalue weighted by atomic mass is 32.1. The van der Waals surface area contributed by atoms with Crippen molar-refractivity contribution in [3.05, 3.63) is 96.0 Å². The van der Waals surface area contributed by atoms with Crippen molar-refractivity contribution >= 4 is 56.3 Å². The van der Waals surface area contributed by atoms with Crippen molar-refractivity contribution in [1.29, 1.82) is 0 Å². The standard InChI is InChI=1S/C18H12N4S2.C13H18N2O.C8H14N2O2.C3H8.C2H4O2/c1-3-12(15-5-19-9-21-15)4-2-11(1)13-7-23-18-14(8-24-17(13)18)16-6-20-10-22-16;1-14-12(11-7-3-2-4-8-11)13(16)15-9-5-6-10-15;1-7(11)9-6-8(12)10-4-2-3-5-10;1-3-2;1-4-2-3/h1-10H,(H,19,21)(H,20,22);2-4,7-8,12,14H,5-6,9-10H2,1H3;2-6H2,1H3,(H,9,11);3H2,1-2H3;2H,1H3. The van der Waals surface area contributed by atoms with Crippen molar-refractivity contribution in [2.24, 2.45) is 0 Å². The molecule has 0 spiro atoms. The number of imidazole rings is 2. The van der Waals surface area contributed by atoms with Crippen LogP contribution < -0.4 is 10.6 Å². The lowest BCUT2D eigenvalue weighted by molar-refractivity contribution is -0.132. The first-order chi connectivity index (χ1) is 28.8. The minimum atomic E-state index is -0.195. The maximum Gasteiger partial charge on any atom is 0.292 e. The monoisotopic (exact) mass is 840 g/mol. The number of likely N-dealkylation sites (N-methyl/N-ethyl adjacent to an activating group) is 1. The van der Waals surface area contributed by atoms with Crippen LogP contribution in [0.5, 0.6) is 0 Å². The zero-order valence-corrected chi connectivity index (χ0v) is 36.2. The molecule has 2 aromatic carbocycles. The van der Waals surface area contributed by atoms with E-state index in [-0.39, 0.29) is 30.3 Å². The Hall–Kier alpha value is -5.64. The number of ether oxygens (including phenoxy) is 1. The number of rotatable bonds is 9. The Labute approximate surface area is 354 Å². The SMILES string of the molecule is CC(=O)NCC(=O)N1CCCC1.CCC.CNC(C(=O)N1CCCC1)c1ccccc1.COC=O.c1ncc(-c2ccc(-c3csc4c(-c5cnc[nH]5)csc34)cc2)[nH]1.